The quantitative estimate of drug-likeness (QED) is 0.0669. The lowest BCUT2D eigenvalue weighted by atomic mass is 9.64. The Balaban J connectivity index is 1.08. The summed E-state index contributed by atoms with van der Waals surface area (Å²) < 4.78 is 0. The van der Waals surface area contributed by atoms with Crippen LogP contribution in [0.5, 0.6) is 0 Å². The fraction of sp³-hybridized carbons (Fsp3) is 0.0130. The van der Waals surface area contributed by atoms with Crippen molar-refractivity contribution in [1.29, 1.82) is 0 Å². The van der Waals surface area contributed by atoms with Crippen molar-refractivity contribution in [3.8, 4) is 0 Å². The van der Waals surface area contributed by atoms with E-state index in [1.165, 1.54) is 68.2 Å². The highest BCUT2D eigenvalue weighted by Gasteiger charge is 2.41. The molecule has 0 aliphatic heterocycles. The van der Waals surface area contributed by atoms with E-state index in [4.69, 9.17) is 0 Å². The molecule has 0 aliphatic rings. The predicted molar refractivity (Wildman–Crippen MR) is 318 cm³/mol. The van der Waals surface area contributed by atoms with Gasteiger partial charge in [0.25, 0.3) is 0 Å². The first-order valence-corrected chi connectivity index (χ1v) is 26.6. The van der Waals surface area contributed by atoms with Gasteiger partial charge in [0.2, 0.25) is 0 Å². The monoisotopic (exact) mass is 980 g/mol. The lowest BCUT2D eigenvalue weighted by Crippen LogP contribution is -2.31. The minimum absolute atomic E-state index is 0.785. The highest BCUT2D eigenvalue weighted by molar-refractivity contribution is 5.68. The fourth-order valence-electron chi connectivity index (χ4n) is 11.4. The van der Waals surface area contributed by atoms with Crippen molar-refractivity contribution in [3.63, 3.8) is 0 Å². The molecule has 0 radical (unpaired) electrons. The van der Waals surface area contributed by atoms with Gasteiger partial charge >= 0.3 is 0 Å². The van der Waals surface area contributed by atoms with Crippen molar-refractivity contribution in [2.45, 2.75) is 5.41 Å². The highest BCUT2D eigenvalue weighted by Crippen LogP contribution is 2.48. The molecule has 0 amide bonds. The number of hydrogen-bond donors (Lipinski definition) is 0. The van der Waals surface area contributed by atoms with E-state index in [9.17, 15) is 0 Å². The van der Waals surface area contributed by atoms with E-state index in [0.29, 0.717) is 0 Å². The number of benzene rings is 12. The topological polar surface area (TPSA) is 0 Å². The molecule has 0 unspecified atom stereocenters. The molecular weight excluding hydrogens is 925 g/mol. The van der Waals surface area contributed by atoms with Crippen molar-refractivity contribution in [3.05, 3.63) is 452 Å². The summed E-state index contributed by atoms with van der Waals surface area (Å²) in [7, 11) is 0. The Morgan fingerprint density at radius 3 is 0.377 bits per heavy atom. The molecule has 0 aliphatic carbocycles. The maximum Gasteiger partial charge on any atom is 0.0739 e. The van der Waals surface area contributed by atoms with Gasteiger partial charge in [0.1, 0.15) is 0 Å². The third kappa shape index (κ3) is 9.85. The van der Waals surface area contributed by atoms with E-state index in [1.54, 1.807) is 0 Å². The molecule has 0 bridgehead atoms. The molecule has 0 nitrogen and oxygen atoms in total. The Bertz CT molecular complexity index is 3040. The molecule has 0 heterocycles. The number of hydrogen-bond acceptors (Lipinski definition) is 0. The molecule has 0 spiro atoms. The summed E-state index contributed by atoms with van der Waals surface area (Å²) in [6.07, 6.45) is 0. The van der Waals surface area contributed by atoms with Crippen molar-refractivity contribution in [1.82, 2.24) is 0 Å². The SMILES string of the molecule is c1ccc([C+](c2ccccc2)c2ccc(C(c3ccc([C+](c4ccccc4)c4ccccc4)cc3)(c3ccc([C+](c4ccccc4)c4ccccc4)cc3)c3ccc([C+](c4ccccc4)c4ccccc4)cc3)cc2)cc1. The van der Waals surface area contributed by atoms with Crippen molar-refractivity contribution in [2.24, 2.45) is 0 Å². The first-order valence-electron chi connectivity index (χ1n) is 26.6. The van der Waals surface area contributed by atoms with E-state index in [-0.39, 0.29) is 0 Å². The molecule has 0 saturated heterocycles. The predicted octanol–water partition coefficient (Wildman–Crippen LogP) is 18.1. The first kappa shape index (κ1) is 48.1. The van der Waals surface area contributed by atoms with Crippen molar-refractivity contribution < 1.29 is 0 Å². The zero-order valence-corrected chi connectivity index (χ0v) is 42.8. The zero-order valence-electron chi connectivity index (χ0n) is 42.8. The van der Waals surface area contributed by atoms with Gasteiger partial charge in [0.05, 0.1) is 95.8 Å². The normalized spacial score (nSPS) is 11.1. The maximum absolute atomic E-state index is 2.37. The van der Waals surface area contributed by atoms with Gasteiger partial charge in [-0.3, -0.25) is 0 Å². The van der Waals surface area contributed by atoms with Crippen LogP contribution >= 0.6 is 0 Å². The van der Waals surface area contributed by atoms with Gasteiger partial charge in [0.15, 0.2) is 0 Å². The Kier molecular flexibility index (Phi) is 13.9. The van der Waals surface area contributed by atoms with E-state index in [1.807, 2.05) is 0 Å². The summed E-state index contributed by atoms with van der Waals surface area (Å²) in [6.45, 7) is 0. The molecule has 0 saturated carbocycles. The largest absolute Gasteiger partial charge is 0.0739 e. The molecule has 12 rings (SSSR count). The van der Waals surface area contributed by atoms with Gasteiger partial charge < -0.3 is 0 Å². The molecule has 360 valence electrons. The Morgan fingerprint density at radius 2 is 0.247 bits per heavy atom. The zero-order chi connectivity index (χ0) is 51.6. The molecule has 12 aromatic carbocycles. The van der Waals surface area contributed by atoms with Crippen LogP contribution in [0.2, 0.25) is 0 Å². The van der Waals surface area contributed by atoms with Gasteiger partial charge in [-0.05, 0) is 313 Å². The van der Waals surface area contributed by atoms with Crippen molar-refractivity contribution >= 4 is 0 Å². The molecule has 12 aromatic rings. The standard InChI is InChI=1S/C77H56/c1-9-25-57(26-10-1)73(58-27-11-2-12-28-58)65-41-49-69(50-42-65)77(70-51-43-66(44-52-70)74(59-29-13-3-14-30-59)60-31-15-4-16-32-60,71-53-45-67(46-54-71)75(61-33-17-5-18-34-61)62-35-19-6-20-36-62)72-55-47-68(48-56-72)76(63-37-21-7-22-38-63)64-39-23-8-24-40-64/h1-56H/q+4. The molecule has 0 fully saturated rings. The van der Waals surface area contributed by atoms with Crippen LogP contribution in [0, 0.1) is 23.7 Å². The van der Waals surface area contributed by atoms with Gasteiger partial charge in [-0.1, -0.05) is 48.5 Å². The minimum atomic E-state index is -0.785. The Hall–Kier alpha value is -9.88. The van der Waals surface area contributed by atoms with Crippen LogP contribution in [0.4, 0.5) is 0 Å². The van der Waals surface area contributed by atoms with Crippen LogP contribution < -0.4 is 0 Å². The van der Waals surface area contributed by atoms with Crippen LogP contribution in [-0.4, -0.2) is 0 Å². The van der Waals surface area contributed by atoms with Crippen LogP contribution in [0.1, 0.15) is 89.0 Å². The van der Waals surface area contributed by atoms with Gasteiger partial charge in [-0.15, -0.1) is 0 Å². The Labute approximate surface area is 455 Å². The smallest absolute Gasteiger partial charge is 0.0511 e. The van der Waals surface area contributed by atoms with Gasteiger partial charge in [0, 0.05) is 0 Å². The van der Waals surface area contributed by atoms with E-state index in [2.05, 4.69) is 340 Å². The molecule has 0 atom stereocenters. The average Bonchev–Trinajstić information content (AvgIpc) is 3.51. The second-order valence-corrected chi connectivity index (χ2v) is 19.5. The van der Waals surface area contributed by atoms with E-state index >= 15 is 0 Å². The third-order valence-corrected chi connectivity index (χ3v) is 14.9. The van der Waals surface area contributed by atoms with Crippen LogP contribution in [0.25, 0.3) is 0 Å². The van der Waals surface area contributed by atoms with Gasteiger partial charge in [-0.25, -0.2) is 0 Å². The highest BCUT2D eigenvalue weighted by atomic mass is 14.4. The van der Waals surface area contributed by atoms with Gasteiger partial charge in [-0.2, -0.15) is 0 Å². The Morgan fingerprint density at radius 1 is 0.130 bits per heavy atom. The van der Waals surface area contributed by atoms with Crippen LogP contribution in [0.3, 0.4) is 0 Å². The molecule has 0 N–H and O–H groups in total. The molecule has 0 aromatic heterocycles. The summed E-state index contributed by atoms with van der Waals surface area (Å²) in [4.78, 5) is 0. The third-order valence-electron chi connectivity index (χ3n) is 14.9. The number of rotatable bonds is 16. The lowest BCUT2D eigenvalue weighted by molar-refractivity contribution is 0.743. The summed E-state index contributed by atoms with van der Waals surface area (Å²) in [5.41, 5.74) is 17.9. The second-order valence-electron chi connectivity index (χ2n) is 19.5. The maximum atomic E-state index is 2.37. The average molecular weight is 981 g/mol. The first-order chi connectivity index (χ1) is 38.2. The van der Waals surface area contributed by atoms with Crippen LogP contribution in [-0.2, 0) is 5.41 Å². The summed E-state index contributed by atoms with van der Waals surface area (Å²) >= 11 is 0. The summed E-state index contributed by atoms with van der Waals surface area (Å²) in [5, 5.41) is 0. The van der Waals surface area contributed by atoms with Crippen molar-refractivity contribution in [2.75, 3.05) is 0 Å². The minimum Gasteiger partial charge on any atom is -0.0511 e. The second kappa shape index (κ2) is 22.3. The molecular formula is C77H56+4. The van der Waals surface area contributed by atoms with Crippen LogP contribution in [0.15, 0.2) is 340 Å². The van der Waals surface area contributed by atoms with E-state index < -0.39 is 5.41 Å². The van der Waals surface area contributed by atoms with E-state index in [0.717, 1.165) is 44.5 Å². The lowest BCUT2D eigenvalue weighted by Gasteiger charge is -2.36. The summed E-state index contributed by atoms with van der Waals surface area (Å²) in [6, 6.07) is 124. The fourth-order valence-corrected chi connectivity index (χ4v) is 11.4. The molecule has 0 heteroatoms. The molecule has 77 heavy (non-hydrogen) atoms. The summed E-state index contributed by atoms with van der Waals surface area (Å²) in [5.74, 6) is 4.78.